The Kier molecular flexibility index (Phi) is 42.3. The minimum atomic E-state index is -4.82. The first-order valence-corrected chi connectivity index (χ1v) is 36.1. The van der Waals surface area contributed by atoms with Crippen molar-refractivity contribution in [3.05, 3.63) is 0 Å². The van der Waals surface area contributed by atoms with E-state index in [1.807, 2.05) is 0 Å². The summed E-state index contributed by atoms with van der Waals surface area (Å²) in [6.07, 6.45) is 43.2. The van der Waals surface area contributed by atoms with E-state index in [4.69, 9.17) is 9.32 Å². The van der Waals surface area contributed by atoms with Gasteiger partial charge in [-0.25, -0.2) is 0 Å². The zero-order valence-corrected chi connectivity index (χ0v) is 46.8. The van der Waals surface area contributed by atoms with Gasteiger partial charge >= 0.3 is 391 Å². The van der Waals surface area contributed by atoms with Gasteiger partial charge in [-0.05, 0) is 0 Å². The van der Waals surface area contributed by atoms with Gasteiger partial charge in [0, 0.05) is 0 Å². The zero-order chi connectivity index (χ0) is 45.4. The van der Waals surface area contributed by atoms with Crippen LogP contribution >= 0.6 is 22.1 Å². The van der Waals surface area contributed by atoms with Crippen molar-refractivity contribution in [3.8, 4) is 0 Å². The van der Waals surface area contributed by atoms with Crippen LogP contribution in [0.1, 0.15) is 287 Å². The van der Waals surface area contributed by atoms with Crippen molar-refractivity contribution in [2.24, 2.45) is 0 Å². The third-order valence-corrected chi connectivity index (χ3v) is 30.9. The van der Waals surface area contributed by atoms with E-state index in [-0.39, 0.29) is 4.22 Å². The molecule has 0 unspecified atom stereocenters. The molecule has 0 aromatic rings. The minimum absolute atomic E-state index is 0.257. The number of rotatable bonds is 49. The van der Waals surface area contributed by atoms with Crippen molar-refractivity contribution in [1.82, 2.24) is 0 Å². The molecule has 61 heavy (non-hydrogen) atoms. The van der Waals surface area contributed by atoms with Crippen LogP contribution in [-0.2, 0) is 40.8 Å². The van der Waals surface area contributed by atoms with Gasteiger partial charge in [-0.1, -0.05) is 0 Å². The van der Waals surface area contributed by atoms with Crippen molar-refractivity contribution in [2.75, 3.05) is 37.0 Å². The van der Waals surface area contributed by atoms with Gasteiger partial charge in [-0.3, -0.25) is 0 Å². The number of hydrogen-bond donors (Lipinski definition) is 0. The molecule has 0 N–H and O–H groups in total. The summed E-state index contributed by atoms with van der Waals surface area (Å²) in [5, 5.41) is 0. The number of unbranched alkanes of at least 4 members (excludes halogenated alkanes) is 30. The van der Waals surface area contributed by atoms with Gasteiger partial charge < -0.3 is 0 Å². The molecule has 0 aromatic heterocycles. The van der Waals surface area contributed by atoms with Gasteiger partial charge in [0.05, 0.1) is 0 Å². The molecule has 0 aliphatic carbocycles. The van der Waals surface area contributed by atoms with Crippen LogP contribution in [0.25, 0.3) is 0 Å². The molecule has 10 heteroatoms. The fourth-order valence-corrected chi connectivity index (χ4v) is 29.8. The van der Waals surface area contributed by atoms with Crippen LogP contribution < -0.4 is 0 Å². The van der Waals surface area contributed by atoms with Gasteiger partial charge in [0.25, 0.3) is 0 Å². The van der Waals surface area contributed by atoms with Gasteiger partial charge in [-0.15, -0.1) is 0 Å². The summed E-state index contributed by atoms with van der Waals surface area (Å²) in [5.74, 6) is 0. The van der Waals surface area contributed by atoms with Crippen LogP contribution in [0, 0.1) is 0 Å². The molecular formula is C51H109O6P3Ti. The predicted molar refractivity (Wildman–Crippen MR) is 271 cm³/mol. The Bertz CT molecular complexity index is 918. The summed E-state index contributed by atoms with van der Waals surface area (Å²) in [6, 6.07) is 0. The Morgan fingerprint density at radius 1 is 0.279 bits per heavy atom. The molecule has 368 valence electrons. The molecular weight excluding hydrogens is 849 g/mol. The van der Waals surface area contributed by atoms with Crippen LogP contribution in [0.2, 0.25) is 4.22 Å². The van der Waals surface area contributed by atoms with E-state index >= 15 is 13.7 Å². The SMILES string of the molecule is CCCCCCCCP(=O)(CCCCCCCC)[O][Ti]([O]P(=O)(CCCCCCCC)CCCCCCCC)([O]P(=O)(CCCCCCCC)CCCCCCCC)[CH](C)C. The van der Waals surface area contributed by atoms with E-state index in [0.29, 0.717) is 37.0 Å². The van der Waals surface area contributed by atoms with Crippen LogP contribution in [0.3, 0.4) is 0 Å². The second-order valence-electron chi connectivity index (χ2n) is 19.4. The Morgan fingerprint density at radius 2 is 0.426 bits per heavy atom. The van der Waals surface area contributed by atoms with E-state index in [1.54, 1.807) is 0 Å². The molecule has 0 rings (SSSR count). The van der Waals surface area contributed by atoms with E-state index in [0.717, 1.165) is 116 Å². The first kappa shape index (κ1) is 62.3. The molecule has 0 amide bonds. The third kappa shape index (κ3) is 34.3. The molecule has 0 heterocycles. The molecule has 0 atom stereocenters. The molecule has 0 aliphatic heterocycles. The van der Waals surface area contributed by atoms with E-state index in [1.165, 1.54) is 116 Å². The summed E-state index contributed by atoms with van der Waals surface area (Å²) < 4.78 is 68.6. The molecule has 0 aromatic carbocycles. The maximum atomic E-state index is 15.6. The van der Waals surface area contributed by atoms with Crippen molar-refractivity contribution in [1.29, 1.82) is 0 Å². The molecule has 0 bridgehead atoms. The van der Waals surface area contributed by atoms with Gasteiger partial charge in [0.2, 0.25) is 0 Å². The molecule has 0 fully saturated rings. The Labute approximate surface area is 388 Å². The second kappa shape index (κ2) is 41.5. The Hall–Kier alpha value is 1.28. The summed E-state index contributed by atoms with van der Waals surface area (Å²) in [6.45, 7) is 17.6. The summed E-state index contributed by atoms with van der Waals surface area (Å²) >= 11 is -4.82. The average molecular weight is 959 g/mol. The quantitative estimate of drug-likeness (QED) is 0.0343. The molecule has 0 spiro atoms. The Morgan fingerprint density at radius 3 is 0.574 bits per heavy atom. The van der Waals surface area contributed by atoms with E-state index < -0.39 is 39.9 Å². The first-order chi connectivity index (χ1) is 29.4. The zero-order valence-electron chi connectivity index (χ0n) is 42.6. The molecule has 6 nitrogen and oxygen atoms in total. The molecule has 0 saturated heterocycles. The Balaban J connectivity index is 7.12. The van der Waals surface area contributed by atoms with Crippen molar-refractivity contribution < 1.29 is 40.8 Å². The standard InChI is InChI=1S/3C16H35O2P.C3H7.Ti/c3*1-3-5-7-9-11-13-15-19(17,18)16-14-12-10-8-6-4-2;1-3-2;/h3*3-16H2,1-2H3,(H,17,18);3H,1-2H3;/q;;;;+3/p-3. The fourth-order valence-electron chi connectivity index (χ4n) is 8.47. The monoisotopic (exact) mass is 959 g/mol. The summed E-state index contributed by atoms with van der Waals surface area (Å²) in [7, 11) is -9.79. The van der Waals surface area contributed by atoms with Crippen LogP contribution in [-0.4, -0.2) is 37.0 Å². The van der Waals surface area contributed by atoms with E-state index in [9.17, 15) is 0 Å². The normalized spacial score (nSPS) is 12.9. The molecule has 0 aliphatic rings. The number of hydrogen-bond acceptors (Lipinski definition) is 6. The molecule has 0 saturated carbocycles. The second-order valence-corrected chi connectivity index (χ2v) is 33.8. The predicted octanol–water partition coefficient (Wildman–Crippen LogP) is 20.8. The summed E-state index contributed by atoms with van der Waals surface area (Å²) in [5.41, 5.74) is 0. The fraction of sp³-hybridized carbons (Fsp3) is 1.00. The maximum absolute atomic E-state index is 15.6. The van der Waals surface area contributed by atoms with Crippen LogP contribution in [0.4, 0.5) is 0 Å². The van der Waals surface area contributed by atoms with Gasteiger partial charge in [0.1, 0.15) is 0 Å². The van der Waals surface area contributed by atoms with Crippen molar-refractivity contribution in [3.63, 3.8) is 0 Å². The van der Waals surface area contributed by atoms with Gasteiger partial charge in [0.15, 0.2) is 0 Å². The van der Waals surface area contributed by atoms with Crippen LogP contribution in [0.15, 0.2) is 0 Å². The van der Waals surface area contributed by atoms with Crippen molar-refractivity contribution >= 4 is 22.1 Å². The summed E-state index contributed by atoms with van der Waals surface area (Å²) in [4.78, 5) is 0. The first-order valence-electron chi connectivity index (χ1n) is 27.3. The van der Waals surface area contributed by atoms with Crippen molar-refractivity contribution in [2.45, 2.75) is 291 Å². The van der Waals surface area contributed by atoms with E-state index in [2.05, 4.69) is 55.4 Å². The van der Waals surface area contributed by atoms with Gasteiger partial charge in [-0.2, -0.15) is 0 Å². The van der Waals surface area contributed by atoms with Crippen LogP contribution in [0.5, 0.6) is 0 Å². The average Bonchev–Trinajstić information content (AvgIpc) is 3.22. The third-order valence-electron chi connectivity index (χ3n) is 12.7. The topological polar surface area (TPSA) is 78.9 Å². The molecule has 0 radical (unpaired) electrons.